The number of hydrogen-bond acceptors (Lipinski definition) is 5. The number of amides is 1. The van der Waals surface area contributed by atoms with Gasteiger partial charge in [0.05, 0.1) is 24.1 Å². The van der Waals surface area contributed by atoms with Gasteiger partial charge in [0.25, 0.3) is 5.91 Å². The zero-order chi connectivity index (χ0) is 20.4. The summed E-state index contributed by atoms with van der Waals surface area (Å²) in [4.78, 5) is 12.5. The number of aryl methyl sites for hydroxylation is 2. The summed E-state index contributed by atoms with van der Waals surface area (Å²) in [6, 6.07) is 9.87. The third kappa shape index (κ3) is 4.11. The zero-order valence-electron chi connectivity index (χ0n) is 16.0. The molecule has 0 saturated carbocycles. The van der Waals surface area contributed by atoms with Crippen LogP contribution in [0.1, 0.15) is 38.9 Å². The second kappa shape index (κ2) is 7.75. The van der Waals surface area contributed by atoms with E-state index in [2.05, 4.69) is 15.6 Å². The van der Waals surface area contributed by atoms with Gasteiger partial charge in [-0.2, -0.15) is 5.10 Å². The van der Waals surface area contributed by atoms with Gasteiger partial charge in [-0.05, 0) is 32.0 Å². The highest BCUT2D eigenvalue weighted by Crippen LogP contribution is 2.20. The summed E-state index contributed by atoms with van der Waals surface area (Å²) in [6.45, 7) is 3.97. The maximum absolute atomic E-state index is 13.8. The maximum Gasteiger partial charge on any atom is 0.291 e. The molecule has 3 aromatic heterocycles. The van der Waals surface area contributed by atoms with E-state index in [0.717, 1.165) is 17.0 Å². The highest BCUT2D eigenvalue weighted by atomic mass is 19.1. The molecule has 0 aliphatic heterocycles. The fourth-order valence-electron chi connectivity index (χ4n) is 3.03. The topological polar surface area (TPSA) is 86.1 Å². The number of nitrogens with zero attached hydrogens (tertiary/aromatic N) is 3. The number of hydrogen-bond donors (Lipinski definition) is 1. The van der Waals surface area contributed by atoms with Crippen LogP contribution in [0.3, 0.4) is 0 Å². The Morgan fingerprint density at radius 1 is 1.21 bits per heavy atom. The predicted octanol–water partition coefficient (Wildman–Crippen LogP) is 4.11. The van der Waals surface area contributed by atoms with E-state index in [1.54, 1.807) is 41.2 Å². The molecular weight excluding hydrogens is 375 g/mol. The molecule has 1 aromatic carbocycles. The summed E-state index contributed by atoms with van der Waals surface area (Å²) in [7, 11) is 0. The highest BCUT2D eigenvalue weighted by molar-refractivity contribution is 6.02. The van der Waals surface area contributed by atoms with Crippen LogP contribution in [0.25, 0.3) is 0 Å². The van der Waals surface area contributed by atoms with E-state index < -0.39 is 0 Å². The minimum Gasteiger partial charge on any atom is -0.456 e. The van der Waals surface area contributed by atoms with Crippen molar-refractivity contribution in [1.29, 1.82) is 0 Å². The number of halogens is 1. The molecule has 148 valence electrons. The number of furan rings is 1. The SMILES string of the molecule is Cc1noc(C)c1Cc1ccc(C(=O)Nc2cnn(Cc3ccccc3F)c2)o1. The molecule has 0 saturated heterocycles. The smallest absolute Gasteiger partial charge is 0.291 e. The molecule has 0 aliphatic carbocycles. The molecule has 7 nitrogen and oxygen atoms in total. The first-order valence-electron chi connectivity index (χ1n) is 9.07. The van der Waals surface area contributed by atoms with E-state index in [4.69, 9.17) is 8.94 Å². The molecule has 0 bridgehead atoms. The number of carbonyl (C=O) groups is 1. The van der Waals surface area contributed by atoms with Gasteiger partial charge in [-0.15, -0.1) is 0 Å². The normalized spacial score (nSPS) is 11.0. The predicted molar refractivity (Wildman–Crippen MR) is 103 cm³/mol. The minimum absolute atomic E-state index is 0.189. The lowest BCUT2D eigenvalue weighted by molar-refractivity contribution is 0.0995. The first-order chi connectivity index (χ1) is 14.0. The van der Waals surface area contributed by atoms with Crippen molar-refractivity contribution in [3.8, 4) is 0 Å². The van der Waals surface area contributed by atoms with Crippen molar-refractivity contribution in [2.75, 3.05) is 5.32 Å². The summed E-state index contributed by atoms with van der Waals surface area (Å²) in [5, 5.41) is 10.8. The molecule has 0 radical (unpaired) electrons. The van der Waals surface area contributed by atoms with Gasteiger partial charge < -0.3 is 14.3 Å². The Balaban J connectivity index is 1.41. The molecule has 1 amide bonds. The Kier molecular flexibility index (Phi) is 4.99. The van der Waals surface area contributed by atoms with Gasteiger partial charge in [0.1, 0.15) is 17.3 Å². The van der Waals surface area contributed by atoms with Gasteiger partial charge in [0.2, 0.25) is 0 Å². The molecule has 0 aliphatic rings. The average molecular weight is 394 g/mol. The number of nitrogens with one attached hydrogen (secondary N) is 1. The van der Waals surface area contributed by atoms with Crippen LogP contribution in [0.15, 0.2) is 57.7 Å². The second-order valence-electron chi connectivity index (χ2n) is 6.72. The Morgan fingerprint density at radius 2 is 2.03 bits per heavy atom. The van der Waals surface area contributed by atoms with E-state index >= 15 is 0 Å². The summed E-state index contributed by atoms with van der Waals surface area (Å²) in [5.41, 5.74) is 2.76. The Bertz CT molecular complexity index is 1140. The van der Waals surface area contributed by atoms with E-state index in [-0.39, 0.29) is 24.0 Å². The van der Waals surface area contributed by atoms with Crippen LogP contribution in [0.2, 0.25) is 0 Å². The Hall–Kier alpha value is -3.68. The first kappa shape index (κ1) is 18.7. The monoisotopic (exact) mass is 394 g/mol. The number of anilines is 1. The van der Waals surface area contributed by atoms with Crippen molar-refractivity contribution in [1.82, 2.24) is 14.9 Å². The number of aromatic nitrogens is 3. The van der Waals surface area contributed by atoms with E-state index in [0.29, 0.717) is 23.4 Å². The van der Waals surface area contributed by atoms with Crippen LogP contribution < -0.4 is 5.32 Å². The lowest BCUT2D eigenvalue weighted by atomic mass is 10.1. The van der Waals surface area contributed by atoms with E-state index in [1.807, 2.05) is 13.8 Å². The quantitative estimate of drug-likeness (QED) is 0.532. The van der Waals surface area contributed by atoms with Gasteiger partial charge in [-0.3, -0.25) is 9.48 Å². The molecule has 0 spiro atoms. The molecule has 0 fully saturated rings. The van der Waals surface area contributed by atoms with Crippen molar-refractivity contribution < 1.29 is 18.1 Å². The van der Waals surface area contributed by atoms with Gasteiger partial charge in [-0.1, -0.05) is 23.4 Å². The van der Waals surface area contributed by atoms with Crippen LogP contribution in [0.5, 0.6) is 0 Å². The molecule has 8 heteroatoms. The molecule has 4 rings (SSSR count). The first-order valence-corrected chi connectivity index (χ1v) is 9.07. The van der Waals surface area contributed by atoms with Crippen LogP contribution >= 0.6 is 0 Å². The summed E-state index contributed by atoms with van der Waals surface area (Å²) < 4.78 is 26.1. The van der Waals surface area contributed by atoms with Gasteiger partial charge >= 0.3 is 0 Å². The van der Waals surface area contributed by atoms with Gasteiger partial charge in [0.15, 0.2) is 5.76 Å². The van der Waals surface area contributed by atoms with Crippen molar-refractivity contribution in [2.45, 2.75) is 26.8 Å². The van der Waals surface area contributed by atoms with Gasteiger partial charge in [0, 0.05) is 23.7 Å². The van der Waals surface area contributed by atoms with Gasteiger partial charge in [-0.25, -0.2) is 4.39 Å². The largest absolute Gasteiger partial charge is 0.456 e. The van der Waals surface area contributed by atoms with Crippen molar-refractivity contribution in [3.05, 3.63) is 88.7 Å². The third-order valence-corrected chi connectivity index (χ3v) is 4.60. The van der Waals surface area contributed by atoms with Crippen LogP contribution in [-0.2, 0) is 13.0 Å². The van der Waals surface area contributed by atoms with E-state index in [1.165, 1.54) is 12.3 Å². The minimum atomic E-state index is -0.388. The molecule has 29 heavy (non-hydrogen) atoms. The molecule has 0 atom stereocenters. The number of carbonyl (C=O) groups excluding carboxylic acids is 1. The lowest BCUT2D eigenvalue weighted by Crippen LogP contribution is -2.10. The summed E-state index contributed by atoms with van der Waals surface area (Å²) >= 11 is 0. The highest BCUT2D eigenvalue weighted by Gasteiger charge is 2.16. The zero-order valence-corrected chi connectivity index (χ0v) is 16.0. The summed E-state index contributed by atoms with van der Waals surface area (Å²) in [5.74, 6) is 0.871. The maximum atomic E-state index is 13.8. The Morgan fingerprint density at radius 3 is 2.79 bits per heavy atom. The summed E-state index contributed by atoms with van der Waals surface area (Å²) in [6.07, 6.45) is 3.64. The van der Waals surface area contributed by atoms with Crippen molar-refractivity contribution >= 4 is 11.6 Å². The fraction of sp³-hybridized carbons (Fsp3) is 0.190. The van der Waals surface area contributed by atoms with Crippen LogP contribution in [0.4, 0.5) is 10.1 Å². The third-order valence-electron chi connectivity index (χ3n) is 4.60. The average Bonchev–Trinajstić information content (AvgIpc) is 3.41. The van der Waals surface area contributed by atoms with Crippen LogP contribution in [-0.4, -0.2) is 20.8 Å². The molecule has 1 N–H and O–H groups in total. The standard InChI is InChI=1S/C21H19FN4O3/c1-13-18(14(2)29-25-13)9-17-7-8-20(28-17)21(27)24-16-10-23-26(12-16)11-15-5-3-4-6-19(15)22/h3-8,10,12H,9,11H2,1-2H3,(H,24,27). The number of benzene rings is 1. The molecule has 0 unspecified atom stereocenters. The lowest BCUT2D eigenvalue weighted by Gasteiger charge is -2.03. The van der Waals surface area contributed by atoms with Crippen LogP contribution in [0, 0.1) is 19.7 Å². The fourth-order valence-corrected chi connectivity index (χ4v) is 3.03. The number of rotatable bonds is 6. The molecule has 4 aromatic rings. The van der Waals surface area contributed by atoms with Crippen molar-refractivity contribution in [3.63, 3.8) is 0 Å². The van der Waals surface area contributed by atoms with Crippen molar-refractivity contribution in [2.24, 2.45) is 0 Å². The van der Waals surface area contributed by atoms with E-state index in [9.17, 15) is 9.18 Å². The second-order valence-corrected chi connectivity index (χ2v) is 6.72. The Labute approximate surface area is 166 Å². The molecule has 3 heterocycles. The molecular formula is C21H19FN4O3.